The lowest BCUT2D eigenvalue weighted by atomic mass is 10.2. The summed E-state index contributed by atoms with van der Waals surface area (Å²) in [4.78, 5) is 16.8. The van der Waals surface area contributed by atoms with Crippen LogP contribution in [0.1, 0.15) is 16.1 Å². The fraction of sp³-hybridized carbons (Fsp3) is 0.455. The van der Waals surface area contributed by atoms with Crippen LogP contribution in [0.2, 0.25) is 0 Å². The van der Waals surface area contributed by atoms with Crippen molar-refractivity contribution in [2.24, 2.45) is 0 Å². The summed E-state index contributed by atoms with van der Waals surface area (Å²) in [5, 5.41) is 8.95. The summed E-state index contributed by atoms with van der Waals surface area (Å²) in [6.07, 6.45) is 1.49. The number of aromatic carboxylic acids is 1. The Bertz CT molecular complexity index is 355. The normalized spacial score (nSPS) is 10.7. The average Bonchev–Trinajstić information content (AvgIpc) is 2.27. The number of aromatic nitrogens is 1. The lowest BCUT2D eigenvalue weighted by Gasteiger charge is -2.16. The Labute approximate surface area is 94.7 Å². The minimum atomic E-state index is -0.990. The molecule has 0 atom stereocenters. The van der Waals surface area contributed by atoms with Gasteiger partial charge in [-0.25, -0.2) is 9.78 Å². The van der Waals surface area contributed by atoms with Gasteiger partial charge in [-0.15, -0.1) is 0 Å². The summed E-state index contributed by atoms with van der Waals surface area (Å²) in [5.41, 5.74) is 0.834. The van der Waals surface area contributed by atoms with Crippen LogP contribution in [0.3, 0.4) is 0 Å². The van der Waals surface area contributed by atoms with Crippen molar-refractivity contribution in [3.8, 4) is 0 Å². The quantitative estimate of drug-likeness (QED) is 0.776. The minimum Gasteiger partial charge on any atom is -0.477 e. The number of hydrogen-bond acceptors (Lipinski definition) is 4. The SMILES string of the molecule is COCCN(C)Cc1cccnc1C(=O)O. The highest BCUT2D eigenvalue weighted by molar-refractivity contribution is 5.86. The fourth-order valence-electron chi connectivity index (χ4n) is 1.38. The van der Waals surface area contributed by atoms with Crippen molar-refractivity contribution < 1.29 is 14.6 Å². The molecule has 0 bridgehead atoms. The molecule has 0 aromatic carbocycles. The molecular weight excluding hydrogens is 208 g/mol. The van der Waals surface area contributed by atoms with Gasteiger partial charge in [-0.05, 0) is 18.7 Å². The van der Waals surface area contributed by atoms with Gasteiger partial charge in [-0.3, -0.25) is 4.90 Å². The van der Waals surface area contributed by atoms with Crippen LogP contribution in [-0.2, 0) is 11.3 Å². The van der Waals surface area contributed by atoms with Gasteiger partial charge in [0, 0.05) is 26.4 Å². The number of hydrogen-bond donors (Lipinski definition) is 1. The highest BCUT2D eigenvalue weighted by Gasteiger charge is 2.12. The van der Waals surface area contributed by atoms with Gasteiger partial charge in [0.1, 0.15) is 0 Å². The Morgan fingerprint density at radius 2 is 2.38 bits per heavy atom. The second kappa shape index (κ2) is 6.19. The van der Waals surface area contributed by atoms with Gasteiger partial charge in [0.2, 0.25) is 0 Å². The van der Waals surface area contributed by atoms with E-state index in [1.807, 2.05) is 11.9 Å². The number of pyridine rings is 1. The van der Waals surface area contributed by atoms with Crippen LogP contribution in [0.15, 0.2) is 18.3 Å². The van der Waals surface area contributed by atoms with Crippen LogP contribution in [0, 0.1) is 0 Å². The van der Waals surface area contributed by atoms with Crippen molar-refractivity contribution >= 4 is 5.97 Å². The molecule has 0 aliphatic carbocycles. The Balaban J connectivity index is 2.69. The number of carboxylic acid groups (broad SMARTS) is 1. The zero-order valence-corrected chi connectivity index (χ0v) is 9.51. The number of ether oxygens (including phenoxy) is 1. The van der Waals surface area contributed by atoms with Gasteiger partial charge in [-0.2, -0.15) is 0 Å². The molecule has 5 heteroatoms. The molecule has 0 radical (unpaired) electrons. The van der Waals surface area contributed by atoms with Crippen LogP contribution < -0.4 is 0 Å². The zero-order valence-electron chi connectivity index (χ0n) is 9.51. The first-order chi connectivity index (χ1) is 7.65. The van der Waals surface area contributed by atoms with Crippen LogP contribution in [0.25, 0.3) is 0 Å². The van der Waals surface area contributed by atoms with Crippen molar-refractivity contribution in [2.45, 2.75) is 6.54 Å². The molecule has 88 valence electrons. The van der Waals surface area contributed by atoms with Gasteiger partial charge in [-0.1, -0.05) is 6.07 Å². The second-order valence-corrected chi connectivity index (χ2v) is 3.55. The highest BCUT2D eigenvalue weighted by atomic mass is 16.5. The molecule has 0 aliphatic heterocycles. The zero-order chi connectivity index (χ0) is 12.0. The van der Waals surface area contributed by atoms with Crippen molar-refractivity contribution in [1.29, 1.82) is 0 Å². The van der Waals surface area contributed by atoms with E-state index in [-0.39, 0.29) is 5.69 Å². The molecule has 0 fully saturated rings. The molecule has 1 N–H and O–H groups in total. The smallest absolute Gasteiger partial charge is 0.354 e. The number of carboxylic acids is 1. The predicted octanol–water partition coefficient (Wildman–Crippen LogP) is 0.858. The third kappa shape index (κ3) is 3.60. The van der Waals surface area contributed by atoms with Crippen molar-refractivity contribution in [1.82, 2.24) is 9.88 Å². The van der Waals surface area contributed by atoms with E-state index in [9.17, 15) is 4.79 Å². The van der Waals surface area contributed by atoms with E-state index < -0.39 is 5.97 Å². The van der Waals surface area contributed by atoms with Crippen LogP contribution in [0.5, 0.6) is 0 Å². The Kier molecular flexibility index (Phi) is 4.88. The maximum absolute atomic E-state index is 10.9. The van der Waals surface area contributed by atoms with Gasteiger partial charge in [0.15, 0.2) is 5.69 Å². The van der Waals surface area contributed by atoms with Gasteiger partial charge >= 0.3 is 5.97 Å². The van der Waals surface area contributed by atoms with Crippen molar-refractivity contribution in [3.63, 3.8) is 0 Å². The van der Waals surface area contributed by atoms with E-state index in [1.54, 1.807) is 19.2 Å². The molecule has 1 aromatic heterocycles. The molecule has 16 heavy (non-hydrogen) atoms. The minimum absolute atomic E-state index is 0.117. The first kappa shape index (κ1) is 12.6. The Morgan fingerprint density at radius 1 is 1.62 bits per heavy atom. The molecule has 0 saturated carbocycles. The summed E-state index contributed by atoms with van der Waals surface area (Å²) in [6, 6.07) is 3.52. The van der Waals surface area contributed by atoms with Crippen LogP contribution in [-0.4, -0.2) is 48.3 Å². The number of likely N-dealkylation sites (N-methyl/N-ethyl adjacent to an activating group) is 1. The largest absolute Gasteiger partial charge is 0.477 e. The Hall–Kier alpha value is -1.46. The molecule has 0 amide bonds. The lowest BCUT2D eigenvalue weighted by Crippen LogP contribution is -2.23. The topological polar surface area (TPSA) is 62.7 Å². The number of rotatable bonds is 6. The standard InChI is InChI=1S/C11H16N2O3/c1-13(6-7-16-2)8-9-4-3-5-12-10(9)11(14)15/h3-5H,6-8H2,1-2H3,(H,14,15). The third-order valence-corrected chi connectivity index (χ3v) is 2.21. The average molecular weight is 224 g/mol. The first-order valence-electron chi connectivity index (χ1n) is 5.00. The monoisotopic (exact) mass is 224 g/mol. The third-order valence-electron chi connectivity index (χ3n) is 2.21. The molecule has 0 aliphatic rings. The second-order valence-electron chi connectivity index (χ2n) is 3.55. The van der Waals surface area contributed by atoms with Crippen LogP contribution in [0.4, 0.5) is 0 Å². The molecular formula is C11H16N2O3. The molecule has 1 heterocycles. The highest BCUT2D eigenvalue weighted by Crippen LogP contribution is 2.07. The van der Waals surface area contributed by atoms with E-state index in [4.69, 9.17) is 9.84 Å². The molecule has 0 saturated heterocycles. The van der Waals surface area contributed by atoms with Gasteiger partial charge in [0.05, 0.1) is 6.61 Å². The first-order valence-corrected chi connectivity index (χ1v) is 5.00. The lowest BCUT2D eigenvalue weighted by molar-refractivity contribution is 0.0688. The van der Waals surface area contributed by atoms with E-state index in [0.29, 0.717) is 18.7 Å². The summed E-state index contributed by atoms with van der Waals surface area (Å²) in [6.45, 7) is 1.93. The summed E-state index contributed by atoms with van der Waals surface area (Å²) >= 11 is 0. The van der Waals surface area contributed by atoms with E-state index >= 15 is 0 Å². The van der Waals surface area contributed by atoms with Gasteiger partial charge in [0.25, 0.3) is 0 Å². The molecule has 0 spiro atoms. The van der Waals surface area contributed by atoms with Crippen LogP contribution >= 0.6 is 0 Å². The van der Waals surface area contributed by atoms with Crippen molar-refractivity contribution in [3.05, 3.63) is 29.6 Å². The van der Waals surface area contributed by atoms with E-state index in [1.165, 1.54) is 6.20 Å². The number of carbonyl (C=O) groups is 1. The van der Waals surface area contributed by atoms with E-state index in [2.05, 4.69) is 4.98 Å². The summed E-state index contributed by atoms with van der Waals surface area (Å²) in [5.74, 6) is -0.990. The summed E-state index contributed by atoms with van der Waals surface area (Å²) in [7, 11) is 3.55. The van der Waals surface area contributed by atoms with Gasteiger partial charge < -0.3 is 9.84 Å². The molecule has 1 rings (SSSR count). The predicted molar refractivity (Wildman–Crippen MR) is 59.4 cm³/mol. The molecule has 5 nitrogen and oxygen atoms in total. The molecule has 1 aromatic rings. The number of nitrogens with zero attached hydrogens (tertiary/aromatic N) is 2. The maximum atomic E-state index is 10.9. The summed E-state index contributed by atoms with van der Waals surface area (Å²) < 4.78 is 4.95. The number of methoxy groups -OCH3 is 1. The van der Waals surface area contributed by atoms with Crippen molar-refractivity contribution in [2.75, 3.05) is 27.3 Å². The maximum Gasteiger partial charge on any atom is 0.354 e. The van der Waals surface area contributed by atoms with E-state index in [0.717, 1.165) is 6.54 Å². The Morgan fingerprint density at radius 3 is 3.00 bits per heavy atom. The fourth-order valence-corrected chi connectivity index (χ4v) is 1.38. The molecule has 0 unspecified atom stereocenters.